The molecule has 0 unspecified atom stereocenters. The molecule has 4 rings (SSSR count). The van der Waals surface area contributed by atoms with Crippen LogP contribution in [0.2, 0.25) is 0 Å². The highest BCUT2D eigenvalue weighted by Gasteiger charge is 2.44. The number of likely N-dealkylation sites (tertiary alicyclic amines) is 1. The van der Waals surface area contributed by atoms with E-state index in [1.54, 1.807) is 0 Å². The number of ether oxygens (including phenoxy) is 1. The van der Waals surface area contributed by atoms with E-state index in [9.17, 15) is 0 Å². The van der Waals surface area contributed by atoms with Crippen molar-refractivity contribution in [3.05, 3.63) is 48.3 Å². The molecule has 0 bridgehead atoms. The number of imidazole rings is 1. The molecular formula is C20H29N5O. The molecule has 6 heteroatoms. The molecule has 0 aromatic carbocycles. The van der Waals surface area contributed by atoms with Crippen molar-refractivity contribution in [1.29, 1.82) is 0 Å². The second-order valence-corrected chi connectivity index (χ2v) is 7.90. The zero-order valence-electron chi connectivity index (χ0n) is 15.8. The molecule has 2 atom stereocenters. The largest absolute Gasteiger partial charge is 0.372 e. The van der Waals surface area contributed by atoms with Crippen LogP contribution >= 0.6 is 0 Å². The van der Waals surface area contributed by atoms with E-state index in [1.165, 1.54) is 18.5 Å². The third-order valence-corrected chi connectivity index (χ3v) is 5.87. The van der Waals surface area contributed by atoms with Crippen LogP contribution in [0.5, 0.6) is 0 Å². The van der Waals surface area contributed by atoms with E-state index in [-0.39, 0.29) is 5.60 Å². The van der Waals surface area contributed by atoms with Crippen LogP contribution in [0.1, 0.15) is 30.7 Å². The van der Waals surface area contributed by atoms with E-state index >= 15 is 0 Å². The lowest BCUT2D eigenvalue weighted by molar-refractivity contribution is -0.0540. The Balaban J connectivity index is 1.36. The third kappa shape index (κ3) is 3.82. The number of hydrogen-bond acceptors (Lipinski definition) is 5. The highest BCUT2D eigenvalue weighted by atomic mass is 16.5. The van der Waals surface area contributed by atoms with Crippen molar-refractivity contribution in [2.75, 3.05) is 26.7 Å². The van der Waals surface area contributed by atoms with Crippen molar-refractivity contribution in [3.8, 4) is 0 Å². The van der Waals surface area contributed by atoms with Gasteiger partial charge in [-0.25, -0.2) is 4.98 Å². The lowest BCUT2D eigenvalue weighted by Crippen LogP contribution is -2.48. The topological polar surface area (TPSA) is 46.4 Å². The van der Waals surface area contributed by atoms with Crippen molar-refractivity contribution >= 4 is 0 Å². The average Bonchev–Trinajstić information content (AvgIpc) is 3.23. The van der Waals surface area contributed by atoms with Crippen LogP contribution in [-0.2, 0) is 24.9 Å². The van der Waals surface area contributed by atoms with Gasteiger partial charge in [0.1, 0.15) is 0 Å². The second-order valence-electron chi connectivity index (χ2n) is 7.90. The maximum absolute atomic E-state index is 6.41. The van der Waals surface area contributed by atoms with Crippen LogP contribution in [0.4, 0.5) is 0 Å². The Hall–Kier alpha value is -1.76. The molecule has 0 amide bonds. The van der Waals surface area contributed by atoms with Gasteiger partial charge >= 0.3 is 0 Å². The first-order valence-electron chi connectivity index (χ1n) is 9.55. The molecule has 0 radical (unpaired) electrons. The normalized spacial score (nSPS) is 26.8. The first kappa shape index (κ1) is 17.6. The van der Waals surface area contributed by atoms with Crippen LogP contribution in [0.15, 0.2) is 36.9 Å². The average molecular weight is 355 g/mol. The fourth-order valence-electron chi connectivity index (χ4n) is 4.36. The fourth-order valence-corrected chi connectivity index (χ4v) is 4.36. The van der Waals surface area contributed by atoms with Crippen molar-refractivity contribution in [2.45, 2.75) is 44.0 Å². The molecular weight excluding hydrogens is 326 g/mol. The van der Waals surface area contributed by atoms with Gasteiger partial charge in [-0.1, -0.05) is 6.07 Å². The second kappa shape index (κ2) is 7.47. The molecule has 2 aliphatic rings. The molecule has 0 saturated carbocycles. The van der Waals surface area contributed by atoms with Crippen molar-refractivity contribution < 1.29 is 4.74 Å². The number of hydrogen-bond donors (Lipinski definition) is 0. The van der Waals surface area contributed by atoms with Crippen LogP contribution in [0, 0.1) is 0 Å². The summed E-state index contributed by atoms with van der Waals surface area (Å²) in [5.41, 5.74) is 2.40. The van der Waals surface area contributed by atoms with Gasteiger partial charge in [0, 0.05) is 45.1 Å². The maximum Gasteiger partial charge on any atom is 0.0945 e. The third-order valence-electron chi connectivity index (χ3n) is 5.87. The quantitative estimate of drug-likeness (QED) is 0.822. The highest BCUT2D eigenvalue weighted by Crippen LogP contribution is 2.36. The minimum absolute atomic E-state index is 0.0138. The van der Waals surface area contributed by atoms with Crippen LogP contribution in [0.3, 0.4) is 0 Å². The summed E-state index contributed by atoms with van der Waals surface area (Å²) in [5, 5.41) is 0. The summed E-state index contributed by atoms with van der Waals surface area (Å²) < 4.78 is 8.52. The van der Waals surface area contributed by atoms with Crippen LogP contribution < -0.4 is 0 Å². The number of pyridine rings is 1. The minimum Gasteiger partial charge on any atom is -0.372 e. The molecule has 0 aliphatic carbocycles. The van der Waals surface area contributed by atoms with Crippen LogP contribution in [0.25, 0.3) is 0 Å². The van der Waals surface area contributed by atoms with Gasteiger partial charge in [0.2, 0.25) is 0 Å². The molecule has 6 nitrogen and oxygen atoms in total. The van der Waals surface area contributed by atoms with E-state index < -0.39 is 0 Å². The van der Waals surface area contributed by atoms with E-state index in [1.807, 2.05) is 24.8 Å². The Morgan fingerprint density at radius 1 is 1.38 bits per heavy atom. The van der Waals surface area contributed by atoms with Crippen LogP contribution in [-0.4, -0.2) is 62.7 Å². The summed E-state index contributed by atoms with van der Waals surface area (Å²) in [7, 11) is 4.26. The van der Waals surface area contributed by atoms with E-state index in [0.29, 0.717) is 6.04 Å². The molecule has 140 valence electrons. The van der Waals surface area contributed by atoms with Gasteiger partial charge in [-0.2, -0.15) is 0 Å². The Morgan fingerprint density at radius 2 is 2.31 bits per heavy atom. The highest BCUT2D eigenvalue weighted by molar-refractivity contribution is 5.05. The summed E-state index contributed by atoms with van der Waals surface area (Å²) in [6.45, 7) is 4.82. The lowest BCUT2D eigenvalue weighted by atomic mass is 9.88. The molecule has 2 saturated heterocycles. The van der Waals surface area contributed by atoms with Gasteiger partial charge in [0.15, 0.2) is 0 Å². The van der Waals surface area contributed by atoms with Gasteiger partial charge in [-0.05, 0) is 45.0 Å². The first-order valence-corrected chi connectivity index (χ1v) is 9.55. The summed E-state index contributed by atoms with van der Waals surface area (Å²) >= 11 is 0. The Kier molecular flexibility index (Phi) is 5.07. The van der Waals surface area contributed by atoms with Gasteiger partial charge in [-0.15, -0.1) is 0 Å². The number of likely N-dealkylation sites (N-methyl/N-ethyl adjacent to an activating group) is 1. The van der Waals surface area contributed by atoms with Crippen molar-refractivity contribution in [3.63, 3.8) is 0 Å². The van der Waals surface area contributed by atoms with Gasteiger partial charge in [0.05, 0.1) is 29.9 Å². The smallest absolute Gasteiger partial charge is 0.0945 e. The number of piperidine rings is 1. The summed E-state index contributed by atoms with van der Waals surface area (Å²) in [6, 6.07) is 6.59. The SMILES string of the molecule is CN(Cc1ccccn1)[C@@H]1CO[C@]2(CCCN(Cc3cncn3C)C2)C1. The number of aromatic nitrogens is 3. The molecule has 2 aliphatic heterocycles. The monoisotopic (exact) mass is 355 g/mol. The molecule has 2 fully saturated rings. The molecule has 26 heavy (non-hydrogen) atoms. The summed E-state index contributed by atoms with van der Waals surface area (Å²) in [6.07, 6.45) is 9.20. The van der Waals surface area contributed by atoms with Gasteiger partial charge < -0.3 is 9.30 Å². The number of aryl methyl sites for hydroxylation is 1. The molecule has 0 N–H and O–H groups in total. The first-order chi connectivity index (χ1) is 12.6. The zero-order valence-corrected chi connectivity index (χ0v) is 15.8. The van der Waals surface area contributed by atoms with Gasteiger partial charge in [0.25, 0.3) is 0 Å². The predicted molar refractivity (Wildman–Crippen MR) is 101 cm³/mol. The lowest BCUT2D eigenvalue weighted by Gasteiger charge is -2.40. The minimum atomic E-state index is 0.0138. The van der Waals surface area contributed by atoms with E-state index in [0.717, 1.165) is 44.9 Å². The van der Waals surface area contributed by atoms with E-state index in [2.05, 4.69) is 50.6 Å². The summed E-state index contributed by atoms with van der Waals surface area (Å²) in [4.78, 5) is 13.6. The molecule has 4 heterocycles. The molecule has 2 aromatic heterocycles. The Labute approximate surface area is 155 Å². The van der Waals surface area contributed by atoms with Crippen molar-refractivity contribution in [2.24, 2.45) is 7.05 Å². The standard InChI is InChI=1S/C20H29N5O/c1-23(12-17-6-3-4-8-22-17)18-10-20(26-14-18)7-5-9-25(15-20)13-19-11-21-16-24(19)2/h3-4,6,8,11,16,18H,5,7,9-10,12-15H2,1-2H3/t18-,20+/m0/s1. The van der Waals surface area contributed by atoms with Gasteiger partial charge in [-0.3, -0.25) is 14.8 Å². The Morgan fingerprint density at radius 3 is 3.08 bits per heavy atom. The zero-order chi connectivity index (χ0) is 18.0. The molecule has 2 aromatic rings. The Bertz CT molecular complexity index is 718. The number of rotatable bonds is 5. The number of nitrogens with zero attached hydrogens (tertiary/aromatic N) is 5. The predicted octanol–water partition coefficient (Wildman–Crippen LogP) is 2.07. The fraction of sp³-hybridized carbons (Fsp3) is 0.600. The van der Waals surface area contributed by atoms with E-state index in [4.69, 9.17) is 4.74 Å². The van der Waals surface area contributed by atoms with Crippen molar-refractivity contribution in [1.82, 2.24) is 24.3 Å². The molecule has 1 spiro atoms. The summed E-state index contributed by atoms with van der Waals surface area (Å²) in [5.74, 6) is 0. The maximum atomic E-state index is 6.41.